The zero-order chi connectivity index (χ0) is 15.1. The first kappa shape index (κ1) is 14.3. The van der Waals surface area contributed by atoms with Crippen molar-refractivity contribution in [3.05, 3.63) is 34.4 Å². The van der Waals surface area contributed by atoms with Crippen molar-refractivity contribution in [2.75, 3.05) is 19.6 Å². The summed E-state index contributed by atoms with van der Waals surface area (Å²) in [7, 11) is 0. The number of hydrogen-bond donors (Lipinski definition) is 1. The molecule has 118 valence electrons. The van der Waals surface area contributed by atoms with E-state index in [2.05, 4.69) is 29.3 Å². The summed E-state index contributed by atoms with van der Waals surface area (Å²) in [6.07, 6.45) is 7.57. The molecule has 1 atom stereocenters. The Hall–Kier alpha value is -1.35. The van der Waals surface area contributed by atoms with Crippen LogP contribution < -0.4 is 5.32 Å². The first-order chi connectivity index (χ1) is 10.8. The van der Waals surface area contributed by atoms with Gasteiger partial charge < -0.3 is 10.2 Å². The largest absolute Gasteiger partial charge is 0.329 e. The van der Waals surface area contributed by atoms with Crippen LogP contribution in [0.4, 0.5) is 0 Å². The van der Waals surface area contributed by atoms with Gasteiger partial charge in [0.25, 0.3) is 5.91 Å². The fourth-order valence-electron chi connectivity index (χ4n) is 4.57. The van der Waals surface area contributed by atoms with Gasteiger partial charge in [0.1, 0.15) is 0 Å². The van der Waals surface area contributed by atoms with E-state index < -0.39 is 0 Å². The van der Waals surface area contributed by atoms with E-state index in [-0.39, 0.29) is 6.04 Å². The number of fused-ring (bicyclic) bond motifs is 3. The highest BCUT2D eigenvalue weighted by molar-refractivity contribution is 6.01. The lowest BCUT2D eigenvalue weighted by molar-refractivity contribution is 0.0689. The fourth-order valence-corrected chi connectivity index (χ4v) is 4.57. The summed E-state index contributed by atoms with van der Waals surface area (Å²) in [6.45, 7) is 4.91. The van der Waals surface area contributed by atoms with Gasteiger partial charge in [0.05, 0.1) is 6.04 Å². The summed E-state index contributed by atoms with van der Waals surface area (Å²) >= 11 is 0. The number of rotatable bonds is 2. The van der Waals surface area contributed by atoms with Crippen molar-refractivity contribution in [3.63, 3.8) is 0 Å². The maximum atomic E-state index is 13.0. The second-order valence-corrected chi connectivity index (χ2v) is 7.06. The second kappa shape index (κ2) is 5.69. The Morgan fingerprint density at radius 1 is 1.18 bits per heavy atom. The fraction of sp³-hybridized carbons (Fsp3) is 0.632. The van der Waals surface area contributed by atoms with Crippen molar-refractivity contribution in [1.29, 1.82) is 0 Å². The van der Waals surface area contributed by atoms with Gasteiger partial charge in [0, 0.05) is 25.2 Å². The van der Waals surface area contributed by atoms with Crippen molar-refractivity contribution in [1.82, 2.24) is 10.2 Å². The summed E-state index contributed by atoms with van der Waals surface area (Å²) < 4.78 is 0. The maximum Gasteiger partial charge on any atom is 0.255 e. The molecule has 22 heavy (non-hydrogen) atoms. The molecule has 2 fully saturated rings. The summed E-state index contributed by atoms with van der Waals surface area (Å²) in [5, 5.41) is 3.46. The Labute approximate surface area is 133 Å². The van der Waals surface area contributed by atoms with Crippen LogP contribution in [-0.4, -0.2) is 30.4 Å². The molecule has 1 aromatic rings. The van der Waals surface area contributed by atoms with Crippen LogP contribution in [-0.2, 0) is 6.42 Å². The number of piperazine rings is 1. The third-order valence-corrected chi connectivity index (χ3v) is 5.79. The van der Waals surface area contributed by atoms with E-state index in [0.29, 0.717) is 11.8 Å². The number of carbonyl (C=O) groups excluding carboxylic acids is 1. The first-order valence-electron chi connectivity index (χ1n) is 8.98. The Morgan fingerprint density at radius 3 is 2.73 bits per heavy atom. The van der Waals surface area contributed by atoms with Crippen LogP contribution in [0.1, 0.15) is 78.0 Å². The standard InChI is InChI=1S/C19H26N2O/c1-2-13-10-15(14-6-4-3-5-7-14)18-16(11-13)17-12-20-8-9-21(17)19(18)22/h10-11,14,17,20H,2-9,12H2,1H3. The molecular weight excluding hydrogens is 272 g/mol. The van der Waals surface area contributed by atoms with Gasteiger partial charge in [-0.2, -0.15) is 0 Å². The molecule has 3 heteroatoms. The molecule has 1 amide bonds. The van der Waals surface area contributed by atoms with Crippen LogP contribution in [0.15, 0.2) is 12.1 Å². The van der Waals surface area contributed by atoms with Gasteiger partial charge in [0.2, 0.25) is 0 Å². The molecule has 1 saturated heterocycles. The van der Waals surface area contributed by atoms with Crippen LogP contribution in [0.5, 0.6) is 0 Å². The highest BCUT2D eigenvalue weighted by Gasteiger charge is 2.40. The molecule has 0 radical (unpaired) electrons. The predicted molar refractivity (Wildman–Crippen MR) is 88.3 cm³/mol. The third-order valence-electron chi connectivity index (χ3n) is 5.79. The summed E-state index contributed by atoms with van der Waals surface area (Å²) in [6, 6.07) is 4.92. The van der Waals surface area contributed by atoms with Gasteiger partial charge in [-0.15, -0.1) is 0 Å². The van der Waals surface area contributed by atoms with Gasteiger partial charge in [-0.1, -0.05) is 38.3 Å². The molecule has 0 spiro atoms. The molecule has 3 nitrogen and oxygen atoms in total. The second-order valence-electron chi connectivity index (χ2n) is 7.06. The lowest BCUT2D eigenvalue weighted by Crippen LogP contribution is -2.44. The van der Waals surface area contributed by atoms with Gasteiger partial charge in [-0.05, 0) is 41.9 Å². The van der Waals surface area contributed by atoms with Gasteiger partial charge in [-0.3, -0.25) is 4.79 Å². The molecule has 1 aliphatic carbocycles. The van der Waals surface area contributed by atoms with Gasteiger partial charge in [0.15, 0.2) is 0 Å². The monoisotopic (exact) mass is 298 g/mol. The van der Waals surface area contributed by atoms with E-state index in [9.17, 15) is 4.79 Å². The van der Waals surface area contributed by atoms with Crippen molar-refractivity contribution >= 4 is 5.91 Å². The van der Waals surface area contributed by atoms with E-state index in [1.807, 2.05) is 0 Å². The quantitative estimate of drug-likeness (QED) is 0.907. The molecule has 4 rings (SSSR count). The Kier molecular flexibility index (Phi) is 3.69. The molecule has 2 heterocycles. The Bertz CT molecular complexity index is 589. The van der Waals surface area contributed by atoms with Crippen LogP contribution in [0.2, 0.25) is 0 Å². The summed E-state index contributed by atoms with van der Waals surface area (Å²) in [5.41, 5.74) is 5.14. The van der Waals surface area contributed by atoms with E-state index in [4.69, 9.17) is 0 Å². The minimum atomic E-state index is 0.269. The number of carbonyl (C=O) groups is 1. The minimum absolute atomic E-state index is 0.269. The summed E-state index contributed by atoms with van der Waals surface area (Å²) in [4.78, 5) is 15.1. The normalized spacial score (nSPS) is 25.2. The zero-order valence-electron chi connectivity index (χ0n) is 13.5. The SMILES string of the molecule is CCc1cc(C2CCCCC2)c2c(c1)C1CNCCN1C2=O. The lowest BCUT2D eigenvalue weighted by atomic mass is 9.80. The smallest absolute Gasteiger partial charge is 0.255 e. The molecule has 0 aromatic heterocycles. The van der Waals surface area contributed by atoms with Crippen molar-refractivity contribution < 1.29 is 4.79 Å². The summed E-state index contributed by atoms with van der Waals surface area (Å²) in [5.74, 6) is 0.900. The van der Waals surface area contributed by atoms with E-state index in [1.54, 1.807) is 0 Å². The lowest BCUT2D eigenvalue weighted by Gasteiger charge is -2.30. The van der Waals surface area contributed by atoms with Crippen LogP contribution >= 0.6 is 0 Å². The molecule has 1 saturated carbocycles. The number of amides is 1. The zero-order valence-corrected chi connectivity index (χ0v) is 13.5. The molecule has 0 bridgehead atoms. The highest BCUT2D eigenvalue weighted by atomic mass is 16.2. The molecular formula is C19H26N2O. The molecule has 1 N–H and O–H groups in total. The van der Waals surface area contributed by atoms with Crippen molar-refractivity contribution in [3.8, 4) is 0 Å². The predicted octanol–water partition coefficient (Wildman–Crippen LogP) is 3.40. The third kappa shape index (κ3) is 2.18. The van der Waals surface area contributed by atoms with Crippen molar-refractivity contribution in [2.45, 2.75) is 57.4 Å². The maximum absolute atomic E-state index is 13.0. The van der Waals surface area contributed by atoms with Gasteiger partial charge >= 0.3 is 0 Å². The van der Waals surface area contributed by atoms with E-state index >= 15 is 0 Å². The number of nitrogens with one attached hydrogen (secondary N) is 1. The number of hydrogen-bond acceptors (Lipinski definition) is 2. The average Bonchev–Trinajstić information content (AvgIpc) is 2.88. The van der Waals surface area contributed by atoms with Gasteiger partial charge in [-0.25, -0.2) is 0 Å². The Morgan fingerprint density at radius 2 is 1.95 bits per heavy atom. The molecule has 2 aliphatic heterocycles. The average molecular weight is 298 g/mol. The van der Waals surface area contributed by atoms with Crippen LogP contribution in [0, 0.1) is 0 Å². The Balaban J connectivity index is 1.82. The number of nitrogens with zero attached hydrogens (tertiary/aromatic N) is 1. The van der Waals surface area contributed by atoms with Crippen LogP contribution in [0.3, 0.4) is 0 Å². The molecule has 3 aliphatic rings. The molecule has 1 aromatic carbocycles. The first-order valence-corrected chi connectivity index (χ1v) is 8.98. The minimum Gasteiger partial charge on any atom is -0.329 e. The van der Waals surface area contributed by atoms with Crippen molar-refractivity contribution in [2.24, 2.45) is 0 Å². The molecule has 1 unspecified atom stereocenters. The number of benzene rings is 1. The topological polar surface area (TPSA) is 32.3 Å². The number of aryl methyl sites for hydroxylation is 1. The highest BCUT2D eigenvalue weighted by Crippen LogP contribution is 2.42. The van der Waals surface area contributed by atoms with E-state index in [0.717, 1.165) is 31.6 Å². The van der Waals surface area contributed by atoms with Crippen LogP contribution in [0.25, 0.3) is 0 Å². The van der Waals surface area contributed by atoms with E-state index in [1.165, 1.54) is 48.8 Å².